The second kappa shape index (κ2) is 3.14. The third kappa shape index (κ3) is 1.80. The second-order valence-electron chi connectivity index (χ2n) is 4.25. The molecule has 0 bridgehead atoms. The SMILES string of the molecule is CC(C)(O)Cc1coc2ccccc12. The van der Waals surface area contributed by atoms with Gasteiger partial charge in [-0.2, -0.15) is 0 Å². The zero-order valence-corrected chi connectivity index (χ0v) is 8.45. The zero-order chi connectivity index (χ0) is 10.2. The highest BCUT2D eigenvalue weighted by molar-refractivity contribution is 5.80. The van der Waals surface area contributed by atoms with Crippen molar-refractivity contribution in [1.82, 2.24) is 0 Å². The van der Waals surface area contributed by atoms with Crippen LogP contribution in [0.1, 0.15) is 19.4 Å². The Balaban J connectivity index is 2.44. The Hall–Kier alpha value is -1.28. The highest BCUT2D eigenvalue weighted by Gasteiger charge is 2.16. The molecule has 0 aliphatic rings. The normalized spacial score (nSPS) is 12.2. The minimum atomic E-state index is -0.688. The molecule has 1 heterocycles. The van der Waals surface area contributed by atoms with E-state index in [0.717, 1.165) is 16.5 Å². The van der Waals surface area contributed by atoms with Gasteiger partial charge in [-0.3, -0.25) is 0 Å². The number of rotatable bonds is 2. The first-order valence-corrected chi connectivity index (χ1v) is 4.74. The van der Waals surface area contributed by atoms with Gasteiger partial charge in [-0.15, -0.1) is 0 Å². The molecule has 0 radical (unpaired) electrons. The average Bonchev–Trinajstić information content (AvgIpc) is 2.47. The average molecular weight is 190 g/mol. The lowest BCUT2D eigenvalue weighted by molar-refractivity contribution is 0.0811. The van der Waals surface area contributed by atoms with Crippen LogP contribution in [-0.2, 0) is 6.42 Å². The third-order valence-corrected chi connectivity index (χ3v) is 2.18. The lowest BCUT2D eigenvalue weighted by atomic mass is 9.98. The van der Waals surface area contributed by atoms with Crippen LogP contribution in [0.15, 0.2) is 34.9 Å². The molecule has 1 aromatic heterocycles. The van der Waals surface area contributed by atoms with Crippen molar-refractivity contribution in [3.05, 3.63) is 36.1 Å². The maximum atomic E-state index is 9.71. The number of aliphatic hydroxyl groups is 1. The Bertz CT molecular complexity index is 435. The van der Waals surface area contributed by atoms with Crippen molar-refractivity contribution < 1.29 is 9.52 Å². The maximum Gasteiger partial charge on any atom is 0.134 e. The molecule has 0 unspecified atom stereocenters. The van der Waals surface area contributed by atoms with Gasteiger partial charge >= 0.3 is 0 Å². The van der Waals surface area contributed by atoms with Gasteiger partial charge in [0.15, 0.2) is 0 Å². The van der Waals surface area contributed by atoms with Gasteiger partial charge in [-0.25, -0.2) is 0 Å². The molecule has 14 heavy (non-hydrogen) atoms. The molecule has 2 rings (SSSR count). The molecule has 0 saturated carbocycles. The van der Waals surface area contributed by atoms with Gasteiger partial charge < -0.3 is 9.52 Å². The number of fused-ring (bicyclic) bond motifs is 1. The smallest absolute Gasteiger partial charge is 0.134 e. The first kappa shape index (κ1) is 9.28. The van der Waals surface area contributed by atoms with Crippen molar-refractivity contribution >= 4 is 11.0 Å². The molecular formula is C12H14O2. The topological polar surface area (TPSA) is 33.4 Å². The van der Waals surface area contributed by atoms with Crippen LogP contribution in [0.2, 0.25) is 0 Å². The van der Waals surface area contributed by atoms with Crippen LogP contribution in [0.4, 0.5) is 0 Å². The molecule has 2 nitrogen and oxygen atoms in total. The quantitative estimate of drug-likeness (QED) is 0.789. The van der Waals surface area contributed by atoms with Gasteiger partial charge in [-0.1, -0.05) is 18.2 Å². The van der Waals surface area contributed by atoms with E-state index in [4.69, 9.17) is 4.42 Å². The zero-order valence-electron chi connectivity index (χ0n) is 8.45. The lowest BCUT2D eigenvalue weighted by Gasteiger charge is -2.15. The summed E-state index contributed by atoms with van der Waals surface area (Å²) in [5.41, 5.74) is 1.26. The van der Waals surface area contributed by atoms with E-state index < -0.39 is 5.60 Å². The van der Waals surface area contributed by atoms with Crippen LogP contribution in [0.3, 0.4) is 0 Å². The highest BCUT2D eigenvalue weighted by atomic mass is 16.3. The van der Waals surface area contributed by atoms with Crippen molar-refractivity contribution in [3.8, 4) is 0 Å². The van der Waals surface area contributed by atoms with Crippen LogP contribution in [0.25, 0.3) is 11.0 Å². The summed E-state index contributed by atoms with van der Waals surface area (Å²) in [6, 6.07) is 7.87. The van der Waals surface area contributed by atoms with Crippen LogP contribution >= 0.6 is 0 Å². The van der Waals surface area contributed by atoms with Crippen molar-refractivity contribution in [3.63, 3.8) is 0 Å². The maximum absolute atomic E-state index is 9.71. The molecule has 0 aliphatic heterocycles. The summed E-state index contributed by atoms with van der Waals surface area (Å²) >= 11 is 0. The van der Waals surface area contributed by atoms with E-state index in [-0.39, 0.29) is 0 Å². The second-order valence-corrected chi connectivity index (χ2v) is 4.25. The molecule has 0 aliphatic carbocycles. The van der Waals surface area contributed by atoms with Gasteiger partial charge in [0.05, 0.1) is 11.9 Å². The number of hydrogen-bond donors (Lipinski definition) is 1. The summed E-state index contributed by atoms with van der Waals surface area (Å²) in [5.74, 6) is 0. The predicted octanol–water partition coefficient (Wildman–Crippen LogP) is 2.75. The summed E-state index contributed by atoms with van der Waals surface area (Å²) in [7, 11) is 0. The third-order valence-electron chi connectivity index (χ3n) is 2.18. The molecule has 74 valence electrons. The molecule has 1 N–H and O–H groups in total. The van der Waals surface area contributed by atoms with Crippen LogP contribution < -0.4 is 0 Å². The largest absolute Gasteiger partial charge is 0.464 e. The molecule has 1 aromatic carbocycles. The van der Waals surface area contributed by atoms with Gasteiger partial charge in [-0.05, 0) is 19.9 Å². The van der Waals surface area contributed by atoms with Crippen LogP contribution in [-0.4, -0.2) is 10.7 Å². The summed E-state index contributed by atoms with van der Waals surface area (Å²) < 4.78 is 5.38. The Morgan fingerprint density at radius 2 is 2.00 bits per heavy atom. The van der Waals surface area contributed by atoms with Crippen molar-refractivity contribution in [2.45, 2.75) is 25.9 Å². The monoisotopic (exact) mass is 190 g/mol. The van der Waals surface area contributed by atoms with E-state index in [1.807, 2.05) is 24.3 Å². The standard InChI is InChI=1S/C12H14O2/c1-12(2,13)7-9-8-14-11-6-4-3-5-10(9)11/h3-6,8,13H,7H2,1-2H3. The molecule has 0 amide bonds. The number of furan rings is 1. The van der Waals surface area contributed by atoms with Crippen molar-refractivity contribution in [2.75, 3.05) is 0 Å². The van der Waals surface area contributed by atoms with Crippen molar-refractivity contribution in [2.24, 2.45) is 0 Å². The molecule has 2 aromatic rings. The van der Waals surface area contributed by atoms with Gasteiger partial charge in [0.25, 0.3) is 0 Å². The Morgan fingerprint density at radius 1 is 1.29 bits per heavy atom. The van der Waals surface area contributed by atoms with E-state index in [1.165, 1.54) is 0 Å². The predicted molar refractivity (Wildman–Crippen MR) is 56.2 cm³/mol. The lowest BCUT2D eigenvalue weighted by Crippen LogP contribution is -2.21. The Kier molecular flexibility index (Phi) is 2.08. The summed E-state index contributed by atoms with van der Waals surface area (Å²) in [6.45, 7) is 3.60. The van der Waals surface area contributed by atoms with Crippen LogP contribution in [0.5, 0.6) is 0 Å². The molecule has 0 fully saturated rings. The highest BCUT2D eigenvalue weighted by Crippen LogP contribution is 2.24. The van der Waals surface area contributed by atoms with Crippen molar-refractivity contribution in [1.29, 1.82) is 0 Å². The van der Waals surface area contributed by atoms with E-state index in [2.05, 4.69) is 0 Å². The number of benzene rings is 1. The molecule has 0 spiro atoms. The summed E-state index contributed by atoms with van der Waals surface area (Å²) in [6.07, 6.45) is 2.34. The Labute approximate surface area is 83.2 Å². The van der Waals surface area contributed by atoms with Gasteiger partial charge in [0.2, 0.25) is 0 Å². The molecule has 0 saturated heterocycles. The molecule has 2 heteroatoms. The van der Waals surface area contributed by atoms with Gasteiger partial charge in [0, 0.05) is 17.4 Å². The van der Waals surface area contributed by atoms with E-state index in [1.54, 1.807) is 20.1 Å². The minimum Gasteiger partial charge on any atom is -0.464 e. The van der Waals surface area contributed by atoms with E-state index in [9.17, 15) is 5.11 Å². The number of hydrogen-bond acceptors (Lipinski definition) is 2. The van der Waals surface area contributed by atoms with Crippen LogP contribution in [0, 0.1) is 0 Å². The van der Waals surface area contributed by atoms with E-state index >= 15 is 0 Å². The molecular weight excluding hydrogens is 176 g/mol. The fourth-order valence-electron chi connectivity index (χ4n) is 1.64. The fourth-order valence-corrected chi connectivity index (χ4v) is 1.64. The number of para-hydroxylation sites is 1. The first-order valence-electron chi connectivity index (χ1n) is 4.74. The minimum absolute atomic E-state index is 0.615. The fraction of sp³-hybridized carbons (Fsp3) is 0.333. The summed E-state index contributed by atoms with van der Waals surface area (Å²) in [4.78, 5) is 0. The van der Waals surface area contributed by atoms with Gasteiger partial charge in [0.1, 0.15) is 5.58 Å². The summed E-state index contributed by atoms with van der Waals surface area (Å²) in [5, 5.41) is 10.8. The van der Waals surface area contributed by atoms with E-state index in [0.29, 0.717) is 6.42 Å². The Morgan fingerprint density at radius 3 is 2.71 bits per heavy atom. The molecule has 0 atom stereocenters. The first-order chi connectivity index (χ1) is 6.56.